The summed E-state index contributed by atoms with van der Waals surface area (Å²) in [6, 6.07) is 8.71. The molecule has 2 saturated heterocycles. The molecule has 0 spiro atoms. The number of methoxy groups -OCH3 is 1. The van der Waals surface area contributed by atoms with Crippen LogP contribution in [0.15, 0.2) is 24.3 Å². The summed E-state index contributed by atoms with van der Waals surface area (Å²) in [4.78, 5) is 17.0. The predicted molar refractivity (Wildman–Crippen MR) is 103 cm³/mol. The standard InChI is InChI=1S/C21H30N2O4/c1-26-21(25)20-12-16-4-7-18(24)13-19(16)23(20)14-15-2-5-17(6-3-15)22-8-10-27-11-9-22/h2-3,5-6,16,18-20,24H,4,7-14H2,1H3/t16-,18+,19-,20+/m1/s1. The Kier molecular flexibility index (Phi) is 5.66. The molecule has 0 unspecified atom stereocenters. The smallest absolute Gasteiger partial charge is 0.323 e. The third-order valence-corrected chi connectivity index (χ3v) is 6.43. The zero-order valence-corrected chi connectivity index (χ0v) is 16.0. The number of likely N-dealkylation sites (tertiary alicyclic amines) is 1. The van der Waals surface area contributed by atoms with Crippen molar-refractivity contribution < 1.29 is 19.4 Å². The van der Waals surface area contributed by atoms with E-state index in [0.29, 0.717) is 5.92 Å². The molecule has 1 aromatic carbocycles. The van der Waals surface area contributed by atoms with Gasteiger partial charge in [-0.25, -0.2) is 0 Å². The van der Waals surface area contributed by atoms with Crippen LogP contribution < -0.4 is 4.90 Å². The predicted octanol–water partition coefficient (Wildman–Crippen LogP) is 1.80. The second-order valence-electron chi connectivity index (χ2n) is 8.01. The number of esters is 1. The maximum absolute atomic E-state index is 12.4. The normalized spacial score (nSPS) is 31.6. The minimum Gasteiger partial charge on any atom is -0.468 e. The average molecular weight is 374 g/mol. The summed E-state index contributed by atoms with van der Waals surface area (Å²) in [5.41, 5.74) is 2.42. The minimum atomic E-state index is -0.256. The molecule has 0 aromatic heterocycles. The van der Waals surface area contributed by atoms with E-state index in [4.69, 9.17) is 9.47 Å². The lowest BCUT2D eigenvalue weighted by Crippen LogP contribution is -2.44. The minimum absolute atomic E-state index is 0.149. The molecule has 27 heavy (non-hydrogen) atoms. The number of anilines is 1. The molecular formula is C21H30N2O4. The molecule has 6 nitrogen and oxygen atoms in total. The van der Waals surface area contributed by atoms with Crippen LogP contribution in [0.3, 0.4) is 0 Å². The number of hydrogen-bond donors (Lipinski definition) is 1. The van der Waals surface area contributed by atoms with Gasteiger partial charge in [-0.3, -0.25) is 9.69 Å². The average Bonchev–Trinajstić information content (AvgIpc) is 3.06. The molecule has 3 aliphatic rings. The van der Waals surface area contributed by atoms with E-state index in [1.807, 2.05) is 0 Å². The maximum atomic E-state index is 12.4. The van der Waals surface area contributed by atoms with E-state index in [-0.39, 0.29) is 24.2 Å². The number of rotatable bonds is 4. The number of morpholine rings is 1. The molecule has 148 valence electrons. The zero-order valence-electron chi connectivity index (χ0n) is 16.0. The Morgan fingerprint density at radius 1 is 1.19 bits per heavy atom. The Balaban J connectivity index is 1.48. The first-order valence-corrected chi connectivity index (χ1v) is 10.1. The molecule has 0 radical (unpaired) electrons. The summed E-state index contributed by atoms with van der Waals surface area (Å²) >= 11 is 0. The third kappa shape index (κ3) is 3.98. The lowest BCUT2D eigenvalue weighted by molar-refractivity contribution is -0.146. The van der Waals surface area contributed by atoms with E-state index >= 15 is 0 Å². The first-order chi connectivity index (χ1) is 13.2. The van der Waals surface area contributed by atoms with Crippen LogP contribution in [0.2, 0.25) is 0 Å². The molecule has 1 saturated carbocycles. The van der Waals surface area contributed by atoms with E-state index in [1.165, 1.54) is 18.4 Å². The van der Waals surface area contributed by atoms with Gasteiger partial charge in [0.2, 0.25) is 0 Å². The maximum Gasteiger partial charge on any atom is 0.323 e. The van der Waals surface area contributed by atoms with Crippen LogP contribution in [0.1, 0.15) is 31.2 Å². The Hall–Kier alpha value is -1.63. The number of ether oxygens (including phenoxy) is 2. The van der Waals surface area contributed by atoms with Gasteiger partial charge in [0.1, 0.15) is 6.04 Å². The van der Waals surface area contributed by atoms with E-state index in [2.05, 4.69) is 34.1 Å². The summed E-state index contributed by atoms with van der Waals surface area (Å²) in [5, 5.41) is 10.1. The van der Waals surface area contributed by atoms with Gasteiger partial charge < -0.3 is 19.5 Å². The fourth-order valence-electron chi connectivity index (χ4n) is 4.96. The number of carbonyl (C=O) groups is 1. The Labute approximate surface area is 161 Å². The molecule has 6 heteroatoms. The second-order valence-corrected chi connectivity index (χ2v) is 8.01. The molecular weight excluding hydrogens is 344 g/mol. The van der Waals surface area contributed by atoms with Gasteiger partial charge in [0.25, 0.3) is 0 Å². The molecule has 1 N–H and O–H groups in total. The van der Waals surface area contributed by atoms with Crippen molar-refractivity contribution in [1.82, 2.24) is 4.90 Å². The number of aliphatic hydroxyl groups is 1. The van der Waals surface area contributed by atoms with Crippen LogP contribution in [0.4, 0.5) is 5.69 Å². The Morgan fingerprint density at radius 2 is 1.93 bits per heavy atom. The number of hydrogen-bond acceptors (Lipinski definition) is 6. The summed E-state index contributed by atoms with van der Waals surface area (Å²) in [6.45, 7) is 4.13. The van der Waals surface area contributed by atoms with Crippen molar-refractivity contribution in [1.29, 1.82) is 0 Å². The summed E-state index contributed by atoms with van der Waals surface area (Å²) < 4.78 is 10.5. The van der Waals surface area contributed by atoms with Crippen LogP contribution in [0, 0.1) is 5.92 Å². The van der Waals surface area contributed by atoms with E-state index in [1.54, 1.807) is 0 Å². The molecule has 0 amide bonds. The number of nitrogens with zero attached hydrogens (tertiary/aromatic N) is 2. The van der Waals surface area contributed by atoms with Gasteiger partial charge in [-0.2, -0.15) is 0 Å². The van der Waals surface area contributed by atoms with Crippen LogP contribution in [0.25, 0.3) is 0 Å². The van der Waals surface area contributed by atoms with Gasteiger partial charge >= 0.3 is 5.97 Å². The topological polar surface area (TPSA) is 62.2 Å². The molecule has 1 aliphatic carbocycles. The Morgan fingerprint density at radius 3 is 2.63 bits per heavy atom. The van der Waals surface area contributed by atoms with Gasteiger partial charge in [0, 0.05) is 31.4 Å². The molecule has 4 rings (SSSR count). The van der Waals surface area contributed by atoms with Crippen molar-refractivity contribution in [2.75, 3.05) is 38.3 Å². The van der Waals surface area contributed by atoms with Crippen LogP contribution >= 0.6 is 0 Å². The highest BCUT2D eigenvalue weighted by Gasteiger charge is 2.47. The van der Waals surface area contributed by atoms with E-state index in [9.17, 15) is 9.90 Å². The van der Waals surface area contributed by atoms with Gasteiger partial charge in [-0.1, -0.05) is 12.1 Å². The van der Waals surface area contributed by atoms with Gasteiger partial charge in [-0.05, 0) is 49.3 Å². The number of aliphatic hydroxyl groups excluding tert-OH is 1. The van der Waals surface area contributed by atoms with Crippen molar-refractivity contribution in [3.05, 3.63) is 29.8 Å². The van der Waals surface area contributed by atoms with E-state index in [0.717, 1.165) is 58.5 Å². The SMILES string of the molecule is COC(=O)[C@@H]1C[C@H]2CC[C@H](O)C[C@H]2N1Cc1ccc(N2CCOCC2)cc1. The van der Waals surface area contributed by atoms with Gasteiger partial charge in [-0.15, -0.1) is 0 Å². The highest BCUT2D eigenvalue weighted by molar-refractivity contribution is 5.76. The van der Waals surface area contributed by atoms with Crippen molar-refractivity contribution in [3.63, 3.8) is 0 Å². The number of carbonyl (C=O) groups excluding carboxylic acids is 1. The molecule has 3 fully saturated rings. The Bertz CT molecular complexity index is 644. The van der Waals surface area contributed by atoms with Crippen LogP contribution in [-0.4, -0.2) is 67.6 Å². The molecule has 2 heterocycles. The number of fused-ring (bicyclic) bond motifs is 1. The highest BCUT2D eigenvalue weighted by atomic mass is 16.5. The molecule has 1 aromatic rings. The third-order valence-electron chi connectivity index (χ3n) is 6.43. The van der Waals surface area contributed by atoms with Crippen molar-refractivity contribution in [3.8, 4) is 0 Å². The van der Waals surface area contributed by atoms with E-state index < -0.39 is 0 Å². The fraction of sp³-hybridized carbons (Fsp3) is 0.667. The van der Waals surface area contributed by atoms with Crippen molar-refractivity contribution in [2.45, 2.75) is 50.4 Å². The largest absolute Gasteiger partial charge is 0.468 e. The monoisotopic (exact) mass is 374 g/mol. The highest BCUT2D eigenvalue weighted by Crippen LogP contribution is 2.41. The van der Waals surface area contributed by atoms with Crippen LogP contribution in [0.5, 0.6) is 0 Å². The molecule has 2 aliphatic heterocycles. The summed E-state index contributed by atoms with van der Waals surface area (Å²) in [6.07, 6.45) is 3.18. The first-order valence-electron chi connectivity index (χ1n) is 10.1. The first kappa shape index (κ1) is 18.7. The van der Waals surface area contributed by atoms with Gasteiger partial charge in [0.15, 0.2) is 0 Å². The summed E-state index contributed by atoms with van der Waals surface area (Å²) in [5.74, 6) is 0.328. The zero-order chi connectivity index (χ0) is 18.8. The quantitative estimate of drug-likeness (QED) is 0.811. The summed E-state index contributed by atoms with van der Waals surface area (Å²) in [7, 11) is 1.47. The fourth-order valence-corrected chi connectivity index (χ4v) is 4.96. The molecule has 4 atom stereocenters. The second kappa shape index (κ2) is 8.17. The van der Waals surface area contributed by atoms with Gasteiger partial charge in [0.05, 0.1) is 26.4 Å². The van der Waals surface area contributed by atoms with Crippen LogP contribution in [-0.2, 0) is 20.8 Å². The number of benzene rings is 1. The lowest BCUT2D eigenvalue weighted by atomic mass is 9.83. The lowest BCUT2D eigenvalue weighted by Gasteiger charge is -2.35. The van der Waals surface area contributed by atoms with Crippen molar-refractivity contribution >= 4 is 11.7 Å². The van der Waals surface area contributed by atoms with Crippen molar-refractivity contribution in [2.24, 2.45) is 5.92 Å². The molecule has 0 bridgehead atoms.